The minimum atomic E-state index is -0.0915. The molecule has 2 heterocycles. The second kappa shape index (κ2) is 8.35. The van der Waals surface area contributed by atoms with Crippen molar-refractivity contribution < 1.29 is 14.3 Å². The molecule has 2 aromatic rings. The number of rotatable bonds is 8. The van der Waals surface area contributed by atoms with Gasteiger partial charge >= 0.3 is 0 Å². The van der Waals surface area contributed by atoms with Crippen molar-refractivity contribution in [1.82, 2.24) is 19.9 Å². The zero-order valence-corrected chi connectivity index (χ0v) is 15.2. The van der Waals surface area contributed by atoms with Gasteiger partial charge < -0.3 is 14.4 Å². The lowest BCUT2D eigenvalue weighted by Crippen LogP contribution is -2.31. The van der Waals surface area contributed by atoms with E-state index in [0.29, 0.717) is 32.1 Å². The number of ether oxygens (including phenoxy) is 2. The molecule has 0 radical (unpaired) electrons. The third-order valence-corrected chi connectivity index (χ3v) is 5.09. The first kappa shape index (κ1) is 17.8. The molecule has 1 atom stereocenters. The molecule has 1 fully saturated rings. The Hall–Kier alpha value is -2.06. The first-order chi connectivity index (χ1) is 12.2. The maximum Gasteiger partial charge on any atom is 0.233 e. The molecule has 3 rings (SSSR count). The lowest BCUT2D eigenvalue weighted by Gasteiger charge is -2.21. The molecule has 25 heavy (non-hydrogen) atoms. The van der Waals surface area contributed by atoms with Crippen molar-refractivity contribution in [1.29, 1.82) is 0 Å². The van der Waals surface area contributed by atoms with Crippen LogP contribution in [0.5, 0.6) is 5.75 Å². The third kappa shape index (κ3) is 4.32. The van der Waals surface area contributed by atoms with Crippen molar-refractivity contribution in [3.8, 4) is 5.75 Å². The molecule has 1 saturated heterocycles. The summed E-state index contributed by atoms with van der Waals surface area (Å²) in [5.41, 5.74) is 1.89. The van der Waals surface area contributed by atoms with Crippen molar-refractivity contribution in [3.05, 3.63) is 41.7 Å². The molecule has 134 valence electrons. The number of nitrogens with zero attached hydrogens (tertiary/aromatic N) is 4. The van der Waals surface area contributed by atoms with Gasteiger partial charge in [-0.2, -0.15) is 0 Å². The molecule has 0 saturated carbocycles. The number of amides is 1. The standard InChI is InChI=1S/C17H22N4O3S/c1-3-24-14-6-4-5-13(9-14)10-20-11-15(18-19-20)17-21(7-8-23-2)16(22)12-25-17/h4-6,9,11,17H,3,7-8,10,12H2,1-2H3/t17-/m0/s1. The van der Waals surface area contributed by atoms with Gasteiger partial charge in [0.1, 0.15) is 16.8 Å². The van der Waals surface area contributed by atoms with Crippen LogP contribution in [-0.2, 0) is 16.1 Å². The zero-order valence-electron chi connectivity index (χ0n) is 14.4. The molecular formula is C17H22N4O3S. The Labute approximate surface area is 151 Å². The average molecular weight is 362 g/mol. The Kier molecular flexibility index (Phi) is 5.93. The van der Waals surface area contributed by atoms with E-state index in [1.165, 1.54) is 0 Å². The number of carbonyl (C=O) groups is 1. The fraction of sp³-hybridized carbons (Fsp3) is 0.471. The maximum absolute atomic E-state index is 12.0. The van der Waals surface area contributed by atoms with Crippen LogP contribution in [0.1, 0.15) is 23.6 Å². The second-order valence-corrected chi connectivity index (χ2v) is 6.73. The van der Waals surface area contributed by atoms with Crippen molar-refractivity contribution in [2.24, 2.45) is 0 Å². The lowest BCUT2D eigenvalue weighted by molar-refractivity contribution is -0.128. The number of hydrogen-bond donors (Lipinski definition) is 0. The van der Waals surface area contributed by atoms with E-state index in [0.717, 1.165) is 17.0 Å². The first-order valence-corrected chi connectivity index (χ1v) is 9.28. The molecule has 0 spiro atoms. The van der Waals surface area contributed by atoms with Crippen molar-refractivity contribution >= 4 is 17.7 Å². The van der Waals surface area contributed by atoms with Crippen molar-refractivity contribution in [2.75, 3.05) is 32.6 Å². The first-order valence-electron chi connectivity index (χ1n) is 8.23. The van der Waals surface area contributed by atoms with E-state index in [1.807, 2.05) is 37.4 Å². The van der Waals surface area contributed by atoms with Gasteiger partial charge in [0.2, 0.25) is 5.91 Å². The normalized spacial score (nSPS) is 17.3. The predicted octanol–water partition coefficient (Wildman–Crippen LogP) is 1.95. The number of benzene rings is 1. The van der Waals surface area contributed by atoms with Gasteiger partial charge in [-0.1, -0.05) is 17.3 Å². The van der Waals surface area contributed by atoms with Crippen LogP contribution < -0.4 is 4.74 Å². The molecule has 1 amide bonds. The van der Waals surface area contributed by atoms with E-state index >= 15 is 0 Å². The number of methoxy groups -OCH3 is 1. The Morgan fingerprint density at radius 1 is 1.40 bits per heavy atom. The van der Waals surface area contributed by atoms with Gasteiger partial charge in [0.05, 0.1) is 31.7 Å². The molecule has 1 aliphatic heterocycles. The highest BCUT2D eigenvalue weighted by atomic mass is 32.2. The summed E-state index contributed by atoms with van der Waals surface area (Å²) >= 11 is 1.58. The highest BCUT2D eigenvalue weighted by molar-refractivity contribution is 8.00. The Morgan fingerprint density at radius 3 is 3.08 bits per heavy atom. The van der Waals surface area contributed by atoms with Crippen LogP contribution in [0.3, 0.4) is 0 Å². The van der Waals surface area contributed by atoms with Crippen LogP contribution >= 0.6 is 11.8 Å². The van der Waals surface area contributed by atoms with Crippen molar-refractivity contribution in [3.63, 3.8) is 0 Å². The molecule has 0 N–H and O–H groups in total. The summed E-state index contributed by atoms with van der Waals surface area (Å²) in [6.45, 7) is 4.29. The molecule has 0 bridgehead atoms. The minimum absolute atomic E-state index is 0.0915. The minimum Gasteiger partial charge on any atom is -0.494 e. The molecule has 1 aromatic heterocycles. The summed E-state index contributed by atoms with van der Waals surface area (Å²) in [6, 6.07) is 7.94. The fourth-order valence-corrected chi connectivity index (χ4v) is 3.87. The second-order valence-electron chi connectivity index (χ2n) is 5.66. The van der Waals surface area contributed by atoms with Gasteiger partial charge in [-0.25, -0.2) is 4.68 Å². The van der Waals surface area contributed by atoms with Crippen molar-refractivity contribution in [2.45, 2.75) is 18.8 Å². The highest BCUT2D eigenvalue weighted by Crippen LogP contribution is 2.37. The number of hydrogen-bond acceptors (Lipinski definition) is 6. The van der Waals surface area contributed by atoms with E-state index in [-0.39, 0.29) is 11.3 Å². The number of thioether (sulfide) groups is 1. The SMILES string of the molecule is CCOc1cccc(Cn2cc([C@@H]3SCC(=O)N3CCOC)nn2)c1. The summed E-state index contributed by atoms with van der Waals surface area (Å²) in [4.78, 5) is 13.8. The van der Waals surface area contributed by atoms with Gasteiger partial charge in [-0.05, 0) is 24.6 Å². The summed E-state index contributed by atoms with van der Waals surface area (Å²) < 4.78 is 12.4. The van der Waals surface area contributed by atoms with Crippen LogP contribution in [0.25, 0.3) is 0 Å². The summed E-state index contributed by atoms with van der Waals surface area (Å²) in [6.07, 6.45) is 1.91. The fourth-order valence-electron chi connectivity index (χ4n) is 2.72. The van der Waals surface area contributed by atoms with Crippen LogP contribution in [-0.4, -0.2) is 58.4 Å². The van der Waals surface area contributed by atoms with E-state index < -0.39 is 0 Å². The zero-order chi connectivity index (χ0) is 17.6. The summed E-state index contributed by atoms with van der Waals surface area (Å²) in [5.74, 6) is 1.44. The van der Waals surface area contributed by atoms with Gasteiger partial charge in [0.15, 0.2) is 0 Å². The quantitative estimate of drug-likeness (QED) is 0.715. The van der Waals surface area contributed by atoms with Gasteiger partial charge in [0.25, 0.3) is 0 Å². The molecule has 1 aromatic carbocycles. The maximum atomic E-state index is 12.0. The lowest BCUT2D eigenvalue weighted by atomic mass is 10.2. The summed E-state index contributed by atoms with van der Waals surface area (Å²) in [5, 5.41) is 8.40. The molecule has 1 aliphatic rings. The van der Waals surface area contributed by atoms with E-state index in [4.69, 9.17) is 9.47 Å². The van der Waals surface area contributed by atoms with E-state index in [2.05, 4.69) is 10.3 Å². The molecule has 0 aliphatic carbocycles. The molecular weight excluding hydrogens is 340 g/mol. The molecule has 7 nitrogen and oxygen atoms in total. The Bertz CT molecular complexity index is 721. The topological polar surface area (TPSA) is 69.5 Å². The third-order valence-electron chi connectivity index (χ3n) is 3.87. The highest BCUT2D eigenvalue weighted by Gasteiger charge is 2.34. The van der Waals surface area contributed by atoms with Crippen LogP contribution in [0.15, 0.2) is 30.5 Å². The van der Waals surface area contributed by atoms with Crippen LogP contribution in [0.4, 0.5) is 0 Å². The predicted molar refractivity (Wildman–Crippen MR) is 95.5 cm³/mol. The Morgan fingerprint density at radius 2 is 2.28 bits per heavy atom. The average Bonchev–Trinajstić information content (AvgIpc) is 3.20. The molecule has 8 heteroatoms. The van der Waals surface area contributed by atoms with Gasteiger partial charge in [0, 0.05) is 13.7 Å². The van der Waals surface area contributed by atoms with Crippen LogP contribution in [0, 0.1) is 0 Å². The smallest absolute Gasteiger partial charge is 0.233 e. The Balaban J connectivity index is 1.69. The van der Waals surface area contributed by atoms with E-state index in [9.17, 15) is 4.79 Å². The monoisotopic (exact) mass is 362 g/mol. The van der Waals surface area contributed by atoms with Gasteiger partial charge in [-0.15, -0.1) is 16.9 Å². The molecule has 0 unspecified atom stereocenters. The number of aromatic nitrogens is 3. The number of carbonyl (C=O) groups excluding carboxylic acids is 1. The summed E-state index contributed by atoms with van der Waals surface area (Å²) in [7, 11) is 1.63. The van der Waals surface area contributed by atoms with Gasteiger partial charge in [-0.3, -0.25) is 4.79 Å². The van der Waals surface area contributed by atoms with Crippen LogP contribution in [0.2, 0.25) is 0 Å². The largest absolute Gasteiger partial charge is 0.494 e. The van der Waals surface area contributed by atoms with E-state index in [1.54, 1.807) is 28.5 Å².